The molecule has 2 rings (SSSR count). The van der Waals surface area contributed by atoms with Gasteiger partial charge in [-0.05, 0) is 49.1 Å². The molecule has 0 aromatic heterocycles. The van der Waals surface area contributed by atoms with E-state index < -0.39 is 15.6 Å². The number of hydrogen-bond donors (Lipinski definition) is 1. The van der Waals surface area contributed by atoms with E-state index in [1.807, 2.05) is 0 Å². The van der Waals surface area contributed by atoms with Crippen molar-refractivity contribution in [1.82, 2.24) is 0 Å². The first-order valence-corrected chi connectivity index (χ1v) is 8.40. The summed E-state index contributed by atoms with van der Waals surface area (Å²) < 4.78 is 47.7. The molecule has 1 saturated heterocycles. The van der Waals surface area contributed by atoms with Crippen molar-refractivity contribution in [2.45, 2.75) is 30.4 Å². The summed E-state index contributed by atoms with van der Waals surface area (Å²) in [4.78, 5) is 1.78. The fourth-order valence-electron chi connectivity index (χ4n) is 2.46. The minimum absolute atomic E-state index is 0.148. The molecular weight excluding hydrogens is 298 g/mol. The van der Waals surface area contributed by atoms with Gasteiger partial charge < -0.3 is 10.6 Å². The predicted molar refractivity (Wildman–Crippen MR) is 78.2 cm³/mol. The van der Waals surface area contributed by atoms with Gasteiger partial charge in [-0.2, -0.15) is 8.78 Å². The normalized spacial score (nSPS) is 19.0. The van der Waals surface area contributed by atoms with E-state index in [2.05, 4.69) is 11.8 Å². The first kappa shape index (κ1) is 16.2. The van der Waals surface area contributed by atoms with Crippen LogP contribution in [0.5, 0.6) is 0 Å². The van der Waals surface area contributed by atoms with Gasteiger partial charge in [-0.3, -0.25) is 0 Å². The smallest absolute Gasteiger partial charge is 0.341 e. The largest absolute Gasteiger partial charge is 0.371 e. The summed E-state index contributed by atoms with van der Waals surface area (Å²) in [7, 11) is -4.52. The third kappa shape index (κ3) is 3.35. The highest BCUT2D eigenvalue weighted by atomic mass is 32.2. The van der Waals surface area contributed by atoms with Crippen molar-refractivity contribution >= 4 is 15.5 Å². The summed E-state index contributed by atoms with van der Waals surface area (Å²) in [5, 5.41) is 0. The van der Waals surface area contributed by atoms with Crippen molar-refractivity contribution in [3.05, 3.63) is 24.3 Å². The lowest BCUT2D eigenvalue weighted by Gasteiger charge is -2.39. The number of rotatable bonds is 4. The molecule has 118 valence electrons. The number of benzene rings is 1. The van der Waals surface area contributed by atoms with Gasteiger partial charge in [-0.15, -0.1) is 0 Å². The van der Waals surface area contributed by atoms with Gasteiger partial charge >= 0.3 is 5.76 Å². The Morgan fingerprint density at radius 2 is 1.76 bits per heavy atom. The van der Waals surface area contributed by atoms with Gasteiger partial charge in [0.1, 0.15) is 0 Å². The van der Waals surface area contributed by atoms with E-state index in [0.717, 1.165) is 31.6 Å². The standard InChI is InChI=1S/C14H20F2N2O2S/c1-14(10-17)6-8-18(9-7-14)11-2-4-12(5-3-11)21(19,20)13(15)16/h2-5,13H,6-10,17H2,1H3. The molecule has 7 heteroatoms. The molecule has 1 aromatic rings. The monoisotopic (exact) mass is 318 g/mol. The second kappa shape index (κ2) is 5.88. The van der Waals surface area contributed by atoms with Gasteiger partial charge in [0.15, 0.2) is 0 Å². The van der Waals surface area contributed by atoms with Gasteiger partial charge in [-0.1, -0.05) is 6.92 Å². The molecule has 21 heavy (non-hydrogen) atoms. The van der Waals surface area contributed by atoms with E-state index in [4.69, 9.17) is 5.73 Å². The number of nitrogens with zero attached hydrogens (tertiary/aromatic N) is 1. The lowest BCUT2D eigenvalue weighted by atomic mass is 9.80. The van der Waals surface area contributed by atoms with Gasteiger partial charge in [-0.25, -0.2) is 8.42 Å². The number of alkyl halides is 2. The van der Waals surface area contributed by atoms with Crippen molar-refractivity contribution in [3.8, 4) is 0 Å². The molecule has 0 aliphatic carbocycles. The minimum Gasteiger partial charge on any atom is -0.371 e. The maximum atomic E-state index is 12.5. The number of anilines is 1. The van der Waals surface area contributed by atoms with Crippen molar-refractivity contribution < 1.29 is 17.2 Å². The highest BCUT2D eigenvalue weighted by Gasteiger charge is 2.29. The lowest BCUT2D eigenvalue weighted by Crippen LogP contribution is -2.42. The Morgan fingerprint density at radius 3 is 2.19 bits per heavy atom. The molecule has 0 saturated carbocycles. The SMILES string of the molecule is CC1(CN)CCN(c2ccc(S(=O)(=O)C(F)F)cc2)CC1. The first-order valence-electron chi connectivity index (χ1n) is 6.86. The van der Waals surface area contributed by atoms with Crippen LogP contribution >= 0.6 is 0 Å². The first-order chi connectivity index (χ1) is 9.78. The summed E-state index contributed by atoms with van der Waals surface area (Å²) in [5.74, 6) is -3.39. The van der Waals surface area contributed by atoms with E-state index >= 15 is 0 Å². The molecule has 4 nitrogen and oxygen atoms in total. The molecule has 2 N–H and O–H groups in total. The Kier molecular flexibility index (Phi) is 4.53. The molecule has 1 aromatic carbocycles. The molecule has 0 amide bonds. The molecule has 0 unspecified atom stereocenters. The van der Waals surface area contributed by atoms with E-state index in [0.29, 0.717) is 6.54 Å². The molecule has 1 heterocycles. The number of piperidine rings is 1. The maximum absolute atomic E-state index is 12.5. The molecule has 1 aliphatic heterocycles. The Labute approximate surface area is 123 Å². The van der Waals surface area contributed by atoms with E-state index in [1.165, 1.54) is 12.1 Å². The van der Waals surface area contributed by atoms with Crippen LogP contribution in [-0.4, -0.2) is 33.8 Å². The van der Waals surface area contributed by atoms with Gasteiger partial charge in [0.2, 0.25) is 9.84 Å². The van der Waals surface area contributed by atoms with Crippen LogP contribution in [0.3, 0.4) is 0 Å². The zero-order valence-corrected chi connectivity index (χ0v) is 12.7. The second-order valence-corrected chi connectivity index (χ2v) is 7.72. The van der Waals surface area contributed by atoms with Crippen molar-refractivity contribution in [3.63, 3.8) is 0 Å². The Hall–Kier alpha value is -1.21. The van der Waals surface area contributed by atoms with Crippen molar-refractivity contribution in [2.75, 3.05) is 24.5 Å². The third-order valence-electron chi connectivity index (χ3n) is 4.23. The van der Waals surface area contributed by atoms with Crippen molar-refractivity contribution in [1.29, 1.82) is 0 Å². The third-order valence-corrected chi connectivity index (χ3v) is 5.63. The van der Waals surface area contributed by atoms with Gasteiger partial charge in [0.25, 0.3) is 0 Å². The fourth-order valence-corrected chi connectivity index (χ4v) is 3.18. The van der Waals surface area contributed by atoms with Crippen LogP contribution < -0.4 is 10.6 Å². The zero-order valence-electron chi connectivity index (χ0n) is 11.9. The van der Waals surface area contributed by atoms with Crippen LogP contribution in [-0.2, 0) is 9.84 Å². The number of halogens is 2. The molecule has 0 spiro atoms. The van der Waals surface area contributed by atoms with Crippen molar-refractivity contribution in [2.24, 2.45) is 11.1 Å². The van der Waals surface area contributed by atoms with Crippen LogP contribution in [0.2, 0.25) is 0 Å². The second-order valence-electron chi connectivity index (χ2n) is 5.80. The molecule has 0 bridgehead atoms. The summed E-state index contributed by atoms with van der Waals surface area (Å²) in [6.07, 6.45) is 1.92. The average Bonchev–Trinajstić information content (AvgIpc) is 2.48. The zero-order chi connectivity index (χ0) is 15.7. The van der Waals surface area contributed by atoms with Crippen LogP contribution in [0.15, 0.2) is 29.2 Å². The van der Waals surface area contributed by atoms with E-state index in [1.54, 1.807) is 12.1 Å². The molecule has 0 atom stereocenters. The highest BCUT2D eigenvalue weighted by molar-refractivity contribution is 7.91. The summed E-state index contributed by atoms with van der Waals surface area (Å²) >= 11 is 0. The predicted octanol–water partition coefficient (Wildman–Crippen LogP) is 2.25. The highest BCUT2D eigenvalue weighted by Crippen LogP contribution is 2.32. The van der Waals surface area contributed by atoms with Crippen LogP contribution in [0.1, 0.15) is 19.8 Å². The quantitative estimate of drug-likeness (QED) is 0.925. The topological polar surface area (TPSA) is 63.4 Å². The Balaban J connectivity index is 2.11. The van der Waals surface area contributed by atoms with Gasteiger partial charge in [0.05, 0.1) is 4.90 Å². The number of sulfone groups is 1. The Morgan fingerprint density at radius 1 is 1.24 bits per heavy atom. The molecular formula is C14H20F2N2O2S. The summed E-state index contributed by atoms with van der Waals surface area (Å²) in [5.41, 5.74) is 6.76. The summed E-state index contributed by atoms with van der Waals surface area (Å²) in [6, 6.07) is 5.65. The van der Waals surface area contributed by atoms with Crippen LogP contribution in [0, 0.1) is 5.41 Å². The van der Waals surface area contributed by atoms with E-state index in [-0.39, 0.29) is 10.3 Å². The average molecular weight is 318 g/mol. The van der Waals surface area contributed by atoms with E-state index in [9.17, 15) is 17.2 Å². The molecule has 1 aliphatic rings. The molecule has 0 radical (unpaired) electrons. The van der Waals surface area contributed by atoms with Crippen LogP contribution in [0.4, 0.5) is 14.5 Å². The Bertz CT molecular complexity index is 579. The fraction of sp³-hybridized carbons (Fsp3) is 0.571. The number of nitrogens with two attached hydrogens (primary N) is 1. The number of hydrogen-bond acceptors (Lipinski definition) is 4. The lowest BCUT2D eigenvalue weighted by molar-refractivity contribution is 0.234. The van der Waals surface area contributed by atoms with Crippen LogP contribution in [0.25, 0.3) is 0 Å². The van der Waals surface area contributed by atoms with Gasteiger partial charge in [0, 0.05) is 18.8 Å². The maximum Gasteiger partial charge on any atom is 0.341 e. The summed E-state index contributed by atoms with van der Waals surface area (Å²) in [6.45, 7) is 4.46. The molecule has 1 fully saturated rings. The minimum atomic E-state index is -4.52.